The Morgan fingerprint density at radius 1 is 1.05 bits per heavy atom. The first-order valence-electron chi connectivity index (χ1n) is 12.7. The summed E-state index contributed by atoms with van der Waals surface area (Å²) in [5.74, 6) is -5.04. The van der Waals surface area contributed by atoms with Crippen molar-refractivity contribution < 1.29 is 38.2 Å². The first-order chi connectivity index (χ1) is 17.8. The summed E-state index contributed by atoms with van der Waals surface area (Å²) in [7, 11) is 1.15. The highest BCUT2D eigenvalue weighted by atomic mass is 35.5. The molecule has 0 aromatic carbocycles. The van der Waals surface area contributed by atoms with Gasteiger partial charge in [-0.1, -0.05) is 33.6 Å². The van der Waals surface area contributed by atoms with Crippen LogP contribution in [0.5, 0.6) is 0 Å². The van der Waals surface area contributed by atoms with E-state index in [1.807, 2.05) is 0 Å². The first kappa shape index (κ1) is 30.9. The molecule has 0 radical (unpaired) electrons. The number of nitrogens with zero attached hydrogens (tertiary/aromatic N) is 1. The summed E-state index contributed by atoms with van der Waals surface area (Å²) in [6.45, 7) is 7.83. The van der Waals surface area contributed by atoms with E-state index in [-0.39, 0.29) is 18.9 Å². The zero-order valence-electron chi connectivity index (χ0n) is 22.8. The van der Waals surface area contributed by atoms with Gasteiger partial charge < -0.3 is 30.7 Å². The maximum absolute atomic E-state index is 13.8. The molecule has 5 atom stereocenters. The van der Waals surface area contributed by atoms with E-state index in [1.165, 1.54) is 18.7 Å². The number of rotatable bonds is 10. The lowest BCUT2D eigenvalue weighted by molar-refractivity contribution is -0.159. The number of hydrogen-bond donors (Lipinski definition) is 3. The van der Waals surface area contributed by atoms with E-state index < -0.39 is 80.9 Å². The quantitative estimate of drug-likeness (QED) is 0.192. The number of carbonyl (C=O) groups is 6. The van der Waals surface area contributed by atoms with Gasteiger partial charge in [-0.05, 0) is 31.6 Å². The molecule has 3 aliphatic rings. The highest BCUT2D eigenvalue weighted by molar-refractivity contribution is 6.51. The molecular formula is C25H36Cl2N4O8. The topological polar surface area (TPSA) is 174 Å². The van der Waals surface area contributed by atoms with Gasteiger partial charge in [-0.3, -0.25) is 19.2 Å². The third-order valence-corrected chi connectivity index (χ3v) is 8.49. The highest BCUT2D eigenvalue weighted by Gasteiger charge is 2.74. The summed E-state index contributed by atoms with van der Waals surface area (Å²) in [4.78, 5) is 77.3. The van der Waals surface area contributed by atoms with Gasteiger partial charge in [-0.2, -0.15) is 0 Å². The molecule has 218 valence electrons. The standard InChI is InChI=1S/C25H36Cl2N4O8/c1-23(2,3)17(30-22(37)39-24(4,5)21(36)38-6)20(35)31-10-12-14(25(12,26)27)15(31)19(34)29-13(9-11-7-8-11)16(32)18(28)33/h11-15,17H,7-10H2,1-6H3,(H2,28,33)(H,29,34)(H,30,37)/t12-,13?,14-,15-,17+/m0/s1. The van der Waals surface area contributed by atoms with Crippen LogP contribution in [-0.2, 0) is 33.4 Å². The highest BCUT2D eigenvalue weighted by Crippen LogP contribution is 2.65. The van der Waals surface area contributed by atoms with Crippen LogP contribution in [0.25, 0.3) is 0 Å². The summed E-state index contributed by atoms with van der Waals surface area (Å²) in [5, 5.41) is 5.11. The Balaban J connectivity index is 1.82. The Morgan fingerprint density at radius 2 is 1.64 bits per heavy atom. The van der Waals surface area contributed by atoms with Crippen molar-refractivity contribution in [1.82, 2.24) is 15.5 Å². The molecule has 12 nitrogen and oxygen atoms in total. The van der Waals surface area contributed by atoms with Gasteiger partial charge in [0.15, 0.2) is 0 Å². The van der Waals surface area contributed by atoms with Crippen molar-refractivity contribution in [2.75, 3.05) is 13.7 Å². The van der Waals surface area contributed by atoms with Crippen molar-refractivity contribution in [1.29, 1.82) is 0 Å². The number of ether oxygens (including phenoxy) is 2. The zero-order valence-corrected chi connectivity index (χ0v) is 24.4. The average Bonchev–Trinajstić information content (AvgIpc) is 3.66. The number of carbonyl (C=O) groups excluding carboxylic acids is 6. The van der Waals surface area contributed by atoms with Crippen LogP contribution < -0.4 is 16.4 Å². The number of likely N-dealkylation sites (tertiary alicyclic amines) is 1. The minimum Gasteiger partial charge on any atom is -0.466 e. The van der Waals surface area contributed by atoms with E-state index in [4.69, 9.17) is 33.7 Å². The monoisotopic (exact) mass is 590 g/mol. The molecule has 39 heavy (non-hydrogen) atoms. The second kappa shape index (κ2) is 10.8. The van der Waals surface area contributed by atoms with Gasteiger partial charge in [0, 0.05) is 18.4 Å². The number of esters is 1. The maximum Gasteiger partial charge on any atom is 0.408 e. The molecular weight excluding hydrogens is 555 g/mol. The lowest BCUT2D eigenvalue weighted by Gasteiger charge is -2.37. The molecule has 1 saturated heterocycles. The fourth-order valence-corrected chi connectivity index (χ4v) is 5.79. The average molecular weight is 591 g/mol. The number of nitrogens with two attached hydrogens (primary N) is 1. The van der Waals surface area contributed by atoms with E-state index in [0.717, 1.165) is 20.0 Å². The number of nitrogens with one attached hydrogen (secondary N) is 2. The van der Waals surface area contributed by atoms with Crippen LogP contribution in [0.15, 0.2) is 0 Å². The lowest BCUT2D eigenvalue weighted by Crippen LogP contribution is -2.61. The number of alkyl carbamates (subject to hydrolysis) is 1. The second-order valence-electron chi connectivity index (χ2n) is 12.0. The Bertz CT molecular complexity index is 1070. The van der Waals surface area contributed by atoms with Crippen LogP contribution in [0.2, 0.25) is 0 Å². The molecule has 1 heterocycles. The summed E-state index contributed by atoms with van der Waals surface area (Å²) in [6, 6.07) is -3.47. The fraction of sp³-hybridized carbons (Fsp3) is 0.760. The summed E-state index contributed by atoms with van der Waals surface area (Å²) in [5.41, 5.74) is 2.72. The molecule has 14 heteroatoms. The van der Waals surface area contributed by atoms with E-state index in [0.29, 0.717) is 0 Å². The molecule has 0 bridgehead atoms. The van der Waals surface area contributed by atoms with E-state index in [1.54, 1.807) is 20.8 Å². The third kappa shape index (κ3) is 6.59. The van der Waals surface area contributed by atoms with Crippen LogP contribution in [0.4, 0.5) is 4.79 Å². The van der Waals surface area contributed by atoms with Gasteiger partial charge in [0.25, 0.3) is 5.91 Å². The summed E-state index contributed by atoms with van der Waals surface area (Å²) in [6.07, 6.45) is 0.949. The number of methoxy groups -OCH3 is 1. The van der Waals surface area contributed by atoms with E-state index in [2.05, 4.69) is 15.4 Å². The lowest BCUT2D eigenvalue weighted by atomic mass is 9.85. The minimum absolute atomic E-state index is 0.0304. The zero-order chi connectivity index (χ0) is 29.7. The van der Waals surface area contributed by atoms with Crippen molar-refractivity contribution >= 4 is 58.8 Å². The number of amides is 4. The fourth-order valence-electron chi connectivity index (χ4n) is 4.96. The summed E-state index contributed by atoms with van der Waals surface area (Å²) >= 11 is 12.8. The third-order valence-electron chi connectivity index (χ3n) is 7.43. The number of hydrogen-bond acceptors (Lipinski definition) is 8. The Hall–Kier alpha value is -2.60. The molecule has 1 aliphatic heterocycles. The van der Waals surface area contributed by atoms with E-state index >= 15 is 0 Å². The van der Waals surface area contributed by atoms with Gasteiger partial charge in [0.1, 0.15) is 16.4 Å². The Morgan fingerprint density at radius 3 is 2.13 bits per heavy atom. The van der Waals surface area contributed by atoms with Crippen LogP contribution in [0, 0.1) is 23.2 Å². The van der Waals surface area contributed by atoms with Crippen molar-refractivity contribution in [2.45, 2.75) is 81.9 Å². The molecule has 0 aromatic rings. The van der Waals surface area contributed by atoms with Gasteiger partial charge in [0.05, 0.1) is 13.2 Å². The largest absolute Gasteiger partial charge is 0.466 e. The number of piperidine rings is 1. The molecule has 1 unspecified atom stereocenters. The van der Waals surface area contributed by atoms with Gasteiger partial charge in [-0.15, -0.1) is 23.2 Å². The minimum atomic E-state index is -1.62. The number of alkyl halides is 2. The number of halogens is 2. The van der Waals surface area contributed by atoms with Crippen molar-refractivity contribution in [3.8, 4) is 0 Å². The molecule has 3 fully saturated rings. The summed E-state index contributed by atoms with van der Waals surface area (Å²) < 4.78 is 8.60. The normalized spacial score (nSPS) is 25.0. The number of ketones is 1. The van der Waals surface area contributed by atoms with Crippen molar-refractivity contribution in [3.63, 3.8) is 0 Å². The van der Waals surface area contributed by atoms with Crippen LogP contribution >= 0.6 is 23.2 Å². The van der Waals surface area contributed by atoms with Crippen molar-refractivity contribution in [2.24, 2.45) is 28.9 Å². The van der Waals surface area contributed by atoms with Crippen LogP contribution in [0.3, 0.4) is 0 Å². The number of Topliss-reactive ketones (excluding diaryl/α,β-unsaturated/α-hetero) is 1. The van der Waals surface area contributed by atoms with E-state index in [9.17, 15) is 28.8 Å². The molecule has 0 aromatic heterocycles. The molecule has 4 amide bonds. The smallest absolute Gasteiger partial charge is 0.408 e. The van der Waals surface area contributed by atoms with Crippen LogP contribution in [0.1, 0.15) is 53.9 Å². The predicted molar refractivity (Wildman–Crippen MR) is 139 cm³/mol. The predicted octanol–water partition coefficient (Wildman–Crippen LogP) is 1.05. The SMILES string of the molecule is COC(=O)C(C)(C)OC(=O)N[C@H](C(=O)N1C[C@H]2[C@@H]([C@H]1C(=O)NC(CC1CC1)C(=O)C(N)=O)C2(Cl)Cl)C(C)(C)C. The van der Waals surface area contributed by atoms with Crippen LogP contribution in [-0.4, -0.2) is 82.2 Å². The van der Waals surface area contributed by atoms with Gasteiger partial charge in [-0.25, -0.2) is 9.59 Å². The molecule has 2 aliphatic carbocycles. The molecule has 4 N–H and O–H groups in total. The first-order valence-corrected chi connectivity index (χ1v) is 13.5. The molecule has 3 rings (SSSR count). The second-order valence-corrected chi connectivity index (χ2v) is 13.5. The number of primary amides is 1. The Kier molecular flexibility index (Phi) is 8.53. The maximum atomic E-state index is 13.8. The Labute approximate surface area is 236 Å². The number of fused-ring (bicyclic) bond motifs is 1. The van der Waals surface area contributed by atoms with Gasteiger partial charge >= 0.3 is 12.1 Å². The molecule has 2 saturated carbocycles. The molecule has 0 spiro atoms. The van der Waals surface area contributed by atoms with Crippen molar-refractivity contribution in [3.05, 3.63) is 0 Å². The van der Waals surface area contributed by atoms with Gasteiger partial charge in [0.2, 0.25) is 23.2 Å².